The highest BCUT2D eigenvalue weighted by Crippen LogP contribution is 2.29. The van der Waals surface area contributed by atoms with Crippen LogP contribution >= 0.6 is 11.3 Å². The van der Waals surface area contributed by atoms with Crippen LogP contribution in [0, 0.1) is 19.7 Å². The van der Waals surface area contributed by atoms with Crippen LogP contribution in [0.15, 0.2) is 34.1 Å². The third-order valence-corrected chi connectivity index (χ3v) is 4.05. The summed E-state index contributed by atoms with van der Waals surface area (Å²) in [5.41, 5.74) is 1.87. The van der Waals surface area contributed by atoms with Gasteiger partial charge in [0, 0.05) is 21.4 Å². The number of hydrogen-bond acceptors (Lipinski definition) is 3. The molecule has 0 bridgehead atoms. The summed E-state index contributed by atoms with van der Waals surface area (Å²) in [6, 6.07) is 6.06. The zero-order valence-electron chi connectivity index (χ0n) is 10.5. The first kappa shape index (κ1) is 12.1. The number of carbonyl (C=O) groups is 1. The second kappa shape index (κ2) is 4.31. The van der Waals surface area contributed by atoms with Gasteiger partial charge in [0.2, 0.25) is 5.78 Å². The van der Waals surface area contributed by atoms with Gasteiger partial charge in [-0.3, -0.25) is 4.79 Å². The number of ketones is 1. The Morgan fingerprint density at radius 2 is 2.05 bits per heavy atom. The summed E-state index contributed by atoms with van der Waals surface area (Å²) in [6.45, 7) is 3.68. The van der Waals surface area contributed by atoms with Crippen molar-refractivity contribution in [3.05, 3.63) is 57.2 Å². The molecule has 4 heteroatoms. The van der Waals surface area contributed by atoms with Crippen molar-refractivity contribution < 1.29 is 13.6 Å². The lowest BCUT2D eigenvalue weighted by Gasteiger charge is -1.97. The lowest BCUT2D eigenvalue weighted by Crippen LogP contribution is -2.01. The van der Waals surface area contributed by atoms with E-state index in [1.807, 2.05) is 12.3 Å². The van der Waals surface area contributed by atoms with E-state index in [1.54, 1.807) is 19.1 Å². The van der Waals surface area contributed by atoms with E-state index >= 15 is 0 Å². The predicted molar refractivity (Wildman–Crippen MR) is 73.4 cm³/mol. The number of carbonyl (C=O) groups excluding carboxylic acids is 1. The minimum absolute atomic E-state index is 0.146. The molecule has 0 N–H and O–H groups in total. The van der Waals surface area contributed by atoms with Crippen molar-refractivity contribution in [2.75, 3.05) is 0 Å². The highest BCUT2D eigenvalue weighted by molar-refractivity contribution is 7.10. The SMILES string of the molecule is Cc1sccc1C(=O)c1oc2ccc(F)cc2c1C. The Morgan fingerprint density at radius 1 is 1.26 bits per heavy atom. The van der Waals surface area contributed by atoms with Crippen LogP contribution in [0.4, 0.5) is 4.39 Å². The monoisotopic (exact) mass is 274 g/mol. The molecule has 19 heavy (non-hydrogen) atoms. The molecule has 2 nitrogen and oxygen atoms in total. The van der Waals surface area contributed by atoms with E-state index < -0.39 is 0 Å². The largest absolute Gasteiger partial charge is 0.452 e. The van der Waals surface area contributed by atoms with Crippen molar-refractivity contribution in [3.63, 3.8) is 0 Å². The Labute approximate surface area is 113 Å². The average Bonchev–Trinajstić information content (AvgIpc) is 2.94. The summed E-state index contributed by atoms with van der Waals surface area (Å²) in [7, 11) is 0. The van der Waals surface area contributed by atoms with Crippen LogP contribution in [0.25, 0.3) is 11.0 Å². The summed E-state index contributed by atoms with van der Waals surface area (Å²) >= 11 is 1.52. The van der Waals surface area contributed by atoms with E-state index in [0.29, 0.717) is 27.9 Å². The number of aryl methyl sites for hydroxylation is 2. The topological polar surface area (TPSA) is 30.2 Å². The van der Waals surface area contributed by atoms with Gasteiger partial charge in [-0.05, 0) is 43.5 Å². The number of benzene rings is 1. The van der Waals surface area contributed by atoms with Crippen molar-refractivity contribution in [1.82, 2.24) is 0 Å². The second-order valence-corrected chi connectivity index (χ2v) is 5.54. The summed E-state index contributed by atoms with van der Waals surface area (Å²) in [6.07, 6.45) is 0. The molecule has 3 aromatic rings. The van der Waals surface area contributed by atoms with Crippen molar-refractivity contribution in [1.29, 1.82) is 0 Å². The highest BCUT2D eigenvalue weighted by Gasteiger charge is 2.21. The third-order valence-electron chi connectivity index (χ3n) is 3.21. The van der Waals surface area contributed by atoms with Crippen LogP contribution < -0.4 is 0 Å². The second-order valence-electron chi connectivity index (χ2n) is 4.42. The zero-order chi connectivity index (χ0) is 13.6. The number of hydrogen-bond donors (Lipinski definition) is 0. The lowest BCUT2D eigenvalue weighted by molar-refractivity contribution is 0.101. The van der Waals surface area contributed by atoms with Gasteiger partial charge in [0.1, 0.15) is 11.4 Å². The van der Waals surface area contributed by atoms with E-state index in [9.17, 15) is 9.18 Å². The number of fused-ring (bicyclic) bond motifs is 1. The van der Waals surface area contributed by atoms with Crippen molar-refractivity contribution in [3.8, 4) is 0 Å². The maximum atomic E-state index is 13.2. The molecule has 0 radical (unpaired) electrons. The minimum Gasteiger partial charge on any atom is -0.452 e. The van der Waals surface area contributed by atoms with Crippen LogP contribution in [-0.4, -0.2) is 5.78 Å². The molecule has 0 fully saturated rings. The Kier molecular flexibility index (Phi) is 2.75. The minimum atomic E-state index is -0.331. The van der Waals surface area contributed by atoms with Gasteiger partial charge >= 0.3 is 0 Å². The molecular weight excluding hydrogens is 263 g/mol. The fraction of sp³-hybridized carbons (Fsp3) is 0.133. The first-order chi connectivity index (χ1) is 9.08. The fourth-order valence-corrected chi connectivity index (χ4v) is 2.85. The molecule has 2 aromatic heterocycles. The normalized spacial score (nSPS) is 11.1. The summed E-state index contributed by atoms with van der Waals surface area (Å²) in [5, 5.41) is 2.52. The van der Waals surface area contributed by atoms with E-state index in [4.69, 9.17) is 4.42 Å². The van der Waals surface area contributed by atoms with E-state index in [0.717, 1.165) is 4.88 Å². The molecule has 0 atom stereocenters. The summed E-state index contributed by atoms with van der Waals surface area (Å²) in [5.74, 6) is -0.183. The lowest BCUT2D eigenvalue weighted by atomic mass is 10.1. The van der Waals surface area contributed by atoms with Crippen molar-refractivity contribution >= 4 is 28.1 Å². The molecule has 96 valence electrons. The van der Waals surface area contributed by atoms with E-state index in [1.165, 1.54) is 23.5 Å². The van der Waals surface area contributed by atoms with E-state index in [2.05, 4.69) is 0 Å². The molecule has 0 aliphatic heterocycles. The maximum Gasteiger partial charge on any atom is 0.229 e. The van der Waals surface area contributed by atoms with Crippen molar-refractivity contribution in [2.45, 2.75) is 13.8 Å². The molecule has 0 saturated heterocycles. The average molecular weight is 274 g/mol. The molecule has 1 aromatic carbocycles. The van der Waals surface area contributed by atoms with Crippen LogP contribution in [0.3, 0.4) is 0 Å². The van der Waals surface area contributed by atoms with Crippen molar-refractivity contribution in [2.24, 2.45) is 0 Å². The third kappa shape index (κ3) is 1.88. The van der Waals surface area contributed by atoms with Gasteiger partial charge in [0.05, 0.1) is 0 Å². The Morgan fingerprint density at radius 3 is 2.74 bits per heavy atom. The highest BCUT2D eigenvalue weighted by atomic mass is 32.1. The Balaban J connectivity index is 2.18. The van der Waals surface area contributed by atoms with E-state index in [-0.39, 0.29) is 11.6 Å². The van der Waals surface area contributed by atoms with Gasteiger partial charge < -0.3 is 4.42 Å². The van der Waals surface area contributed by atoms with Gasteiger partial charge in [0.15, 0.2) is 5.76 Å². The van der Waals surface area contributed by atoms with Crippen LogP contribution in [0.5, 0.6) is 0 Å². The number of halogens is 1. The first-order valence-electron chi connectivity index (χ1n) is 5.85. The van der Waals surface area contributed by atoms with Gasteiger partial charge in [-0.1, -0.05) is 0 Å². The van der Waals surface area contributed by atoms with Crippen LogP contribution in [-0.2, 0) is 0 Å². The van der Waals surface area contributed by atoms with Gasteiger partial charge in [0.25, 0.3) is 0 Å². The zero-order valence-corrected chi connectivity index (χ0v) is 11.3. The van der Waals surface area contributed by atoms with Crippen LogP contribution in [0.2, 0.25) is 0 Å². The molecule has 0 amide bonds. The molecule has 0 saturated carbocycles. The summed E-state index contributed by atoms with van der Waals surface area (Å²) < 4.78 is 18.8. The smallest absolute Gasteiger partial charge is 0.229 e. The quantitative estimate of drug-likeness (QED) is 0.645. The standard InChI is InChI=1S/C15H11FO2S/c1-8-12-7-10(16)3-4-13(12)18-15(8)14(17)11-5-6-19-9(11)2/h3-7H,1-2H3. The molecule has 0 aliphatic rings. The van der Waals surface area contributed by atoms with Gasteiger partial charge in [-0.15, -0.1) is 11.3 Å². The van der Waals surface area contributed by atoms with Gasteiger partial charge in [-0.2, -0.15) is 0 Å². The number of thiophene rings is 1. The number of furan rings is 1. The van der Waals surface area contributed by atoms with Crippen LogP contribution in [0.1, 0.15) is 26.6 Å². The molecule has 3 rings (SSSR count). The molecule has 2 heterocycles. The predicted octanol–water partition coefficient (Wildman–Crippen LogP) is 4.48. The Hall–Kier alpha value is -1.94. The molecule has 0 aliphatic carbocycles. The first-order valence-corrected chi connectivity index (χ1v) is 6.73. The summed E-state index contributed by atoms with van der Waals surface area (Å²) in [4.78, 5) is 13.4. The fourth-order valence-electron chi connectivity index (χ4n) is 2.15. The molecule has 0 unspecified atom stereocenters. The van der Waals surface area contributed by atoms with Gasteiger partial charge in [-0.25, -0.2) is 4.39 Å². The Bertz CT molecular complexity index is 783. The number of rotatable bonds is 2. The maximum absolute atomic E-state index is 13.2. The molecular formula is C15H11FO2S. The molecule has 0 spiro atoms.